The Balaban J connectivity index is 1.41. The van der Waals surface area contributed by atoms with Gasteiger partial charge in [0.1, 0.15) is 0 Å². The summed E-state index contributed by atoms with van der Waals surface area (Å²) in [5.41, 5.74) is 1.38. The molecule has 2 fully saturated rings. The number of nitrogens with zero attached hydrogens (tertiary/aromatic N) is 1. The molecule has 0 bridgehead atoms. The van der Waals surface area contributed by atoms with E-state index in [4.69, 9.17) is 4.74 Å². The summed E-state index contributed by atoms with van der Waals surface area (Å²) in [6.07, 6.45) is 4.85. The van der Waals surface area contributed by atoms with Crippen LogP contribution in [0.15, 0.2) is 30.3 Å². The Morgan fingerprint density at radius 2 is 1.83 bits per heavy atom. The third-order valence-corrected chi connectivity index (χ3v) is 5.54. The molecule has 1 atom stereocenters. The van der Waals surface area contributed by atoms with E-state index < -0.39 is 0 Å². The van der Waals surface area contributed by atoms with Gasteiger partial charge in [0.2, 0.25) is 5.91 Å². The van der Waals surface area contributed by atoms with Crippen molar-refractivity contribution in [3.63, 3.8) is 0 Å². The number of carbonyl (C=O) groups is 1. The Bertz CT molecular complexity index is 506. The SMILES string of the molecule is CC(c1ccccc1)N1CCC(CC(=O)NC2CCOCC2)CC1. The zero-order chi connectivity index (χ0) is 16.8. The van der Waals surface area contributed by atoms with Crippen molar-refractivity contribution in [3.8, 4) is 0 Å². The van der Waals surface area contributed by atoms with Crippen molar-refractivity contribution in [2.24, 2.45) is 5.92 Å². The summed E-state index contributed by atoms with van der Waals surface area (Å²) in [6.45, 7) is 6.02. The van der Waals surface area contributed by atoms with E-state index in [1.807, 2.05) is 0 Å². The number of benzene rings is 1. The van der Waals surface area contributed by atoms with E-state index in [-0.39, 0.29) is 5.91 Å². The number of carbonyl (C=O) groups excluding carboxylic acids is 1. The molecule has 24 heavy (non-hydrogen) atoms. The van der Waals surface area contributed by atoms with Crippen LogP contribution < -0.4 is 5.32 Å². The van der Waals surface area contributed by atoms with Gasteiger partial charge in [0.15, 0.2) is 0 Å². The van der Waals surface area contributed by atoms with Gasteiger partial charge in [-0.3, -0.25) is 9.69 Å². The Morgan fingerprint density at radius 1 is 1.17 bits per heavy atom. The van der Waals surface area contributed by atoms with Crippen molar-refractivity contribution in [1.29, 1.82) is 0 Å². The first-order valence-electron chi connectivity index (χ1n) is 9.38. The molecule has 4 nitrogen and oxygen atoms in total. The topological polar surface area (TPSA) is 41.6 Å². The number of likely N-dealkylation sites (tertiary alicyclic amines) is 1. The van der Waals surface area contributed by atoms with Gasteiger partial charge in [0, 0.05) is 31.7 Å². The number of hydrogen-bond acceptors (Lipinski definition) is 3. The van der Waals surface area contributed by atoms with Crippen LogP contribution in [0.2, 0.25) is 0 Å². The number of amides is 1. The maximum absolute atomic E-state index is 12.3. The van der Waals surface area contributed by atoms with Crippen molar-refractivity contribution in [1.82, 2.24) is 10.2 Å². The summed E-state index contributed by atoms with van der Waals surface area (Å²) >= 11 is 0. The Kier molecular flexibility index (Phi) is 6.27. The maximum atomic E-state index is 12.3. The molecule has 0 aliphatic carbocycles. The number of nitrogens with one attached hydrogen (secondary N) is 1. The highest BCUT2D eigenvalue weighted by Gasteiger charge is 2.25. The third kappa shape index (κ3) is 4.81. The number of ether oxygens (including phenoxy) is 1. The van der Waals surface area contributed by atoms with Gasteiger partial charge in [-0.25, -0.2) is 0 Å². The second kappa shape index (κ2) is 8.63. The molecule has 2 aliphatic heterocycles. The van der Waals surface area contributed by atoms with Gasteiger partial charge >= 0.3 is 0 Å². The number of piperidine rings is 1. The summed E-state index contributed by atoms with van der Waals surface area (Å²) in [5.74, 6) is 0.764. The zero-order valence-electron chi connectivity index (χ0n) is 14.7. The van der Waals surface area contributed by atoms with Crippen LogP contribution >= 0.6 is 0 Å². The van der Waals surface area contributed by atoms with Gasteiger partial charge in [-0.05, 0) is 57.2 Å². The van der Waals surface area contributed by atoms with E-state index >= 15 is 0 Å². The van der Waals surface area contributed by atoms with Crippen molar-refractivity contribution in [2.45, 2.75) is 51.1 Å². The smallest absolute Gasteiger partial charge is 0.220 e. The predicted molar refractivity (Wildman–Crippen MR) is 95.8 cm³/mol. The standard InChI is InChI=1S/C20H30N2O2/c1-16(18-5-3-2-4-6-18)22-11-7-17(8-12-22)15-20(23)21-19-9-13-24-14-10-19/h2-6,16-17,19H,7-15H2,1H3,(H,21,23). The summed E-state index contributed by atoms with van der Waals surface area (Å²) < 4.78 is 5.35. The van der Waals surface area contributed by atoms with E-state index in [2.05, 4.69) is 47.5 Å². The fourth-order valence-corrected chi connectivity index (χ4v) is 3.88. The van der Waals surface area contributed by atoms with E-state index in [0.29, 0.717) is 24.4 Å². The largest absolute Gasteiger partial charge is 0.381 e. The van der Waals surface area contributed by atoms with Gasteiger partial charge in [0.25, 0.3) is 0 Å². The van der Waals surface area contributed by atoms with Gasteiger partial charge in [-0.2, -0.15) is 0 Å². The molecule has 1 unspecified atom stereocenters. The molecule has 1 amide bonds. The van der Waals surface area contributed by atoms with E-state index in [9.17, 15) is 4.79 Å². The second-order valence-electron chi connectivity index (χ2n) is 7.22. The van der Waals surface area contributed by atoms with Crippen LogP contribution in [0, 0.1) is 5.92 Å². The average Bonchev–Trinajstić information content (AvgIpc) is 2.63. The molecular formula is C20H30N2O2. The normalized spacial score (nSPS) is 22.2. The van der Waals surface area contributed by atoms with Gasteiger partial charge in [-0.15, -0.1) is 0 Å². The Labute approximate surface area is 145 Å². The zero-order valence-corrected chi connectivity index (χ0v) is 14.7. The third-order valence-electron chi connectivity index (χ3n) is 5.54. The molecule has 2 saturated heterocycles. The van der Waals surface area contributed by atoms with E-state index in [0.717, 1.165) is 52.0 Å². The lowest BCUT2D eigenvalue weighted by Gasteiger charge is -2.36. The molecule has 0 radical (unpaired) electrons. The molecule has 0 aromatic heterocycles. The fourth-order valence-electron chi connectivity index (χ4n) is 3.88. The monoisotopic (exact) mass is 330 g/mol. The highest BCUT2D eigenvalue weighted by atomic mass is 16.5. The summed E-state index contributed by atoms with van der Waals surface area (Å²) in [4.78, 5) is 14.8. The molecule has 0 spiro atoms. The fraction of sp³-hybridized carbons (Fsp3) is 0.650. The van der Waals surface area contributed by atoms with Crippen LogP contribution in [0.3, 0.4) is 0 Å². The molecule has 1 aromatic carbocycles. The molecule has 2 aliphatic rings. The lowest BCUT2D eigenvalue weighted by atomic mass is 9.91. The highest BCUT2D eigenvalue weighted by molar-refractivity contribution is 5.76. The first-order valence-corrected chi connectivity index (χ1v) is 9.38. The van der Waals surface area contributed by atoms with Gasteiger partial charge in [0.05, 0.1) is 0 Å². The lowest BCUT2D eigenvalue weighted by Crippen LogP contribution is -2.41. The summed E-state index contributed by atoms with van der Waals surface area (Å²) in [6, 6.07) is 11.5. The highest BCUT2D eigenvalue weighted by Crippen LogP contribution is 2.28. The molecule has 3 rings (SSSR count). The number of rotatable bonds is 5. The van der Waals surface area contributed by atoms with Crippen LogP contribution in [0.25, 0.3) is 0 Å². The van der Waals surface area contributed by atoms with Crippen LogP contribution in [0.1, 0.15) is 50.6 Å². The van der Waals surface area contributed by atoms with Crippen molar-refractivity contribution in [2.75, 3.05) is 26.3 Å². The summed E-state index contributed by atoms with van der Waals surface area (Å²) in [5, 5.41) is 3.19. The van der Waals surface area contributed by atoms with Crippen molar-refractivity contribution >= 4 is 5.91 Å². The minimum atomic E-state index is 0.233. The number of hydrogen-bond donors (Lipinski definition) is 1. The van der Waals surface area contributed by atoms with Crippen LogP contribution in [-0.2, 0) is 9.53 Å². The van der Waals surface area contributed by atoms with Gasteiger partial charge in [-0.1, -0.05) is 30.3 Å². The molecule has 4 heteroatoms. The quantitative estimate of drug-likeness (QED) is 0.902. The van der Waals surface area contributed by atoms with Crippen molar-refractivity contribution in [3.05, 3.63) is 35.9 Å². The predicted octanol–water partition coefficient (Wildman–Crippen LogP) is 3.14. The first kappa shape index (κ1) is 17.4. The lowest BCUT2D eigenvalue weighted by molar-refractivity contribution is -0.123. The van der Waals surface area contributed by atoms with Crippen LogP contribution in [-0.4, -0.2) is 43.2 Å². The van der Waals surface area contributed by atoms with E-state index in [1.54, 1.807) is 0 Å². The molecule has 132 valence electrons. The molecule has 1 aromatic rings. The Morgan fingerprint density at radius 3 is 2.50 bits per heavy atom. The molecular weight excluding hydrogens is 300 g/mol. The molecule has 2 heterocycles. The first-order chi connectivity index (χ1) is 11.7. The second-order valence-corrected chi connectivity index (χ2v) is 7.22. The minimum Gasteiger partial charge on any atom is -0.381 e. The average molecular weight is 330 g/mol. The van der Waals surface area contributed by atoms with Crippen LogP contribution in [0.5, 0.6) is 0 Å². The van der Waals surface area contributed by atoms with Crippen molar-refractivity contribution < 1.29 is 9.53 Å². The molecule has 1 N–H and O–H groups in total. The van der Waals surface area contributed by atoms with Crippen LogP contribution in [0.4, 0.5) is 0 Å². The Hall–Kier alpha value is -1.39. The summed E-state index contributed by atoms with van der Waals surface area (Å²) in [7, 11) is 0. The maximum Gasteiger partial charge on any atom is 0.220 e. The molecule has 0 saturated carbocycles. The van der Waals surface area contributed by atoms with E-state index in [1.165, 1.54) is 5.56 Å². The van der Waals surface area contributed by atoms with Gasteiger partial charge < -0.3 is 10.1 Å². The minimum absolute atomic E-state index is 0.233.